The molecule has 4 heteroatoms. The molecule has 3 rings (SSSR count). The Kier molecular flexibility index (Phi) is 7.68. The molecule has 3 aromatic carbocycles. The minimum atomic E-state index is -2.00. The summed E-state index contributed by atoms with van der Waals surface area (Å²) >= 11 is 0. The molecule has 0 aromatic heterocycles. The van der Waals surface area contributed by atoms with E-state index in [2.05, 4.69) is 58.1 Å². The van der Waals surface area contributed by atoms with Crippen LogP contribution in [0.2, 0.25) is 18.1 Å². The fraction of sp³-hybridized carbons (Fsp3) is 0.357. The normalized spacial score (nSPS) is 13.4. The van der Waals surface area contributed by atoms with Crippen LogP contribution in [0.4, 0.5) is 8.78 Å². The molecule has 0 spiro atoms. The second-order valence-electron chi connectivity index (χ2n) is 10.0. The molecular formula is C28H34F2OSi. The number of hydrogen-bond donors (Lipinski definition) is 0. The lowest BCUT2D eigenvalue weighted by Gasteiger charge is -2.40. The third-order valence-corrected chi connectivity index (χ3v) is 11.2. The van der Waals surface area contributed by atoms with Crippen molar-refractivity contribution in [3.05, 3.63) is 107 Å². The number of halogens is 2. The zero-order valence-corrected chi connectivity index (χ0v) is 20.7. The summed E-state index contributed by atoms with van der Waals surface area (Å²) in [5, 5.41) is 0.105. The van der Waals surface area contributed by atoms with Crippen LogP contribution >= 0.6 is 0 Å². The monoisotopic (exact) mass is 452 g/mol. The molecule has 0 aliphatic rings. The first-order valence-corrected chi connectivity index (χ1v) is 14.2. The Morgan fingerprint density at radius 3 is 1.59 bits per heavy atom. The fourth-order valence-electron chi connectivity index (χ4n) is 3.73. The number of hydrogen-bond acceptors (Lipinski definition) is 1. The number of rotatable bonds is 8. The van der Waals surface area contributed by atoms with Gasteiger partial charge in [0.1, 0.15) is 11.6 Å². The molecule has 0 radical (unpaired) electrons. The van der Waals surface area contributed by atoms with Gasteiger partial charge in [0, 0.05) is 5.92 Å². The number of benzene rings is 3. The van der Waals surface area contributed by atoms with Gasteiger partial charge in [-0.05, 0) is 71.9 Å². The average molecular weight is 453 g/mol. The zero-order chi connectivity index (χ0) is 23.4. The van der Waals surface area contributed by atoms with Gasteiger partial charge in [-0.15, -0.1) is 0 Å². The second-order valence-corrected chi connectivity index (χ2v) is 14.8. The summed E-state index contributed by atoms with van der Waals surface area (Å²) in [6, 6.07) is 23.7. The minimum Gasteiger partial charge on any atom is -0.410 e. The Bertz CT molecular complexity index is 931. The van der Waals surface area contributed by atoms with Crippen molar-refractivity contribution in [3.8, 4) is 0 Å². The maximum atomic E-state index is 13.6. The van der Waals surface area contributed by atoms with E-state index in [1.54, 1.807) is 0 Å². The second kappa shape index (κ2) is 10.1. The Morgan fingerprint density at radius 1 is 0.688 bits per heavy atom. The van der Waals surface area contributed by atoms with Crippen molar-refractivity contribution in [1.29, 1.82) is 0 Å². The predicted molar refractivity (Wildman–Crippen MR) is 131 cm³/mol. The molecule has 170 valence electrons. The van der Waals surface area contributed by atoms with E-state index in [0.717, 1.165) is 24.0 Å². The summed E-state index contributed by atoms with van der Waals surface area (Å²) in [6.07, 6.45) is 1.60. The smallest absolute Gasteiger partial charge is 0.192 e. The third-order valence-electron chi connectivity index (χ3n) is 6.68. The Labute approximate surface area is 192 Å². The van der Waals surface area contributed by atoms with Gasteiger partial charge >= 0.3 is 0 Å². The van der Waals surface area contributed by atoms with Crippen LogP contribution < -0.4 is 0 Å². The van der Waals surface area contributed by atoms with Gasteiger partial charge < -0.3 is 4.43 Å². The SMILES string of the molecule is CC(C)(C)[Si](C)(C)OC(CCC(c1ccc(F)cc1)c1ccc(F)cc1)c1ccccc1. The van der Waals surface area contributed by atoms with Crippen LogP contribution in [0.3, 0.4) is 0 Å². The van der Waals surface area contributed by atoms with E-state index in [1.807, 2.05) is 30.3 Å². The van der Waals surface area contributed by atoms with Crippen LogP contribution in [-0.2, 0) is 4.43 Å². The van der Waals surface area contributed by atoms with Gasteiger partial charge in [-0.2, -0.15) is 0 Å². The van der Waals surface area contributed by atoms with Crippen molar-refractivity contribution in [1.82, 2.24) is 0 Å². The zero-order valence-electron chi connectivity index (χ0n) is 19.7. The third kappa shape index (κ3) is 6.14. The van der Waals surface area contributed by atoms with E-state index in [1.165, 1.54) is 29.8 Å². The first-order chi connectivity index (χ1) is 15.1. The highest BCUT2D eigenvalue weighted by Crippen LogP contribution is 2.42. The predicted octanol–water partition coefficient (Wildman–Crippen LogP) is 8.64. The summed E-state index contributed by atoms with van der Waals surface area (Å²) in [7, 11) is -2.00. The summed E-state index contributed by atoms with van der Waals surface area (Å²) < 4.78 is 34.0. The van der Waals surface area contributed by atoms with Crippen LogP contribution in [-0.4, -0.2) is 8.32 Å². The maximum absolute atomic E-state index is 13.6. The minimum absolute atomic E-state index is 0.0273. The Hall–Kier alpha value is -2.30. The molecule has 0 aliphatic carbocycles. The fourth-order valence-corrected chi connectivity index (χ4v) is 5.05. The van der Waals surface area contributed by atoms with Gasteiger partial charge in [-0.3, -0.25) is 0 Å². The molecule has 0 heterocycles. The highest BCUT2D eigenvalue weighted by molar-refractivity contribution is 6.74. The lowest BCUT2D eigenvalue weighted by atomic mass is 9.86. The molecule has 0 aliphatic heterocycles. The van der Waals surface area contributed by atoms with Crippen LogP contribution in [0, 0.1) is 11.6 Å². The topological polar surface area (TPSA) is 9.23 Å². The van der Waals surface area contributed by atoms with Crippen molar-refractivity contribution < 1.29 is 13.2 Å². The molecule has 1 unspecified atom stereocenters. The van der Waals surface area contributed by atoms with E-state index in [-0.39, 0.29) is 28.7 Å². The molecule has 0 fully saturated rings. The molecule has 0 saturated carbocycles. The van der Waals surface area contributed by atoms with Crippen molar-refractivity contribution in [2.24, 2.45) is 0 Å². The highest BCUT2D eigenvalue weighted by atomic mass is 28.4. The van der Waals surface area contributed by atoms with E-state index < -0.39 is 8.32 Å². The van der Waals surface area contributed by atoms with Crippen molar-refractivity contribution in [3.63, 3.8) is 0 Å². The lowest BCUT2D eigenvalue weighted by Crippen LogP contribution is -2.41. The quantitative estimate of drug-likeness (QED) is 0.311. The maximum Gasteiger partial charge on any atom is 0.192 e. The summed E-state index contributed by atoms with van der Waals surface area (Å²) in [6.45, 7) is 11.3. The molecular weight excluding hydrogens is 418 g/mol. The van der Waals surface area contributed by atoms with E-state index in [4.69, 9.17) is 4.43 Å². The largest absolute Gasteiger partial charge is 0.410 e. The lowest BCUT2D eigenvalue weighted by molar-refractivity contribution is 0.169. The standard InChI is InChI=1S/C28H34F2OSi/c1-28(2,3)32(4,5)31-27(23-9-7-6-8-10-23)20-19-26(21-11-15-24(29)16-12-21)22-13-17-25(30)18-14-22/h6-18,26-27H,19-20H2,1-5H3. The Morgan fingerprint density at radius 2 is 1.16 bits per heavy atom. The van der Waals surface area contributed by atoms with Crippen molar-refractivity contribution >= 4 is 8.32 Å². The van der Waals surface area contributed by atoms with Crippen molar-refractivity contribution in [2.45, 2.75) is 63.8 Å². The van der Waals surface area contributed by atoms with Gasteiger partial charge in [0.25, 0.3) is 0 Å². The molecule has 1 nitrogen and oxygen atoms in total. The van der Waals surface area contributed by atoms with Crippen LogP contribution in [0.25, 0.3) is 0 Å². The summed E-state index contributed by atoms with van der Waals surface area (Å²) in [4.78, 5) is 0. The van der Waals surface area contributed by atoms with Crippen LogP contribution in [0.1, 0.15) is 62.3 Å². The average Bonchev–Trinajstić information content (AvgIpc) is 2.75. The first-order valence-electron chi connectivity index (χ1n) is 11.3. The van der Waals surface area contributed by atoms with E-state index >= 15 is 0 Å². The van der Waals surface area contributed by atoms with Crippen molar-refractivity contribution in [2.75, 3.05) is 0 Å². The molecule has 32 heavy (non-hydrogen) atoms. The molecule has 0 N–H and O–H groups in total. The van der Waals surface area contributed by atoms with E-state index in [0.29, 0.717) is 0 Å². The van der Waals surface area contributed by atoms with Gasteiger partial charge in [-0.25, -0.2) is 8.78 Å². The molecule has 3 aromatic rings. The van der Waals surface area contributed by atoms with Gasteiger partial charge in [0.05, 0.1) is 6.10 Å². The highest BCUT2D eigenvalue weighted by Gasteiger charge is 2.39. The first kappa shape index (κ1) is 24.3. The molecule has 0 amide bonds. The van der Waals surface area contributed by atoms with Gasteiger partial charge in [0.2, 0.25) is 0 Å². The van der Waals surface area contributed by atoms with Crippen LogP contribution in [0.15, 0.2) is 78.9 Å². The summed E-state index contributed by atoms with van der Waals surface area (Å²) in [5.74, 6) is -0.476. The van der Waals surface area contributed by atoms with E-state index in [9.17, 15) is 8.78 Å². The summed E-state index contributed by atoms with van der Waals surface area (Å²) in [5.41, 5.74) is 3.23. The molecule has 0 bridgehead atoms. The van der Waals surface area contributed by atoms with Gasteiger partial charge in [-0.1, -0.05) is 75.4 Å². The van der Waals surface area contributed by atoms with Crippen LogP contribution in [0.5, 0.6) is 0 Å². The Balaban J connectivity index is 1.90. The molecule has 1 atom stereocenters. The molecule has 0 saturated heterocycles. The van der Waals surface area contributed by atoms with Gasteiger partial charge in [0.15, 0.2) is 8.32 Å².